The highest BCUT2D eigenvalue weighted by atomic mass is 32.2. The number of alkyl halides is 1. The first-order chi connectivity index (χ1) is 8.93. The molecule has 1 saturated carbocycles. The highest BCUT2D eigenvalue weighted by Gasteiger charge is 2.42. The third-order valence-electron chi connectivity index (χ3n) is 3.03. The first-order valence-electron chi connectivity index (χ1n) is 5.94. The van der Waals surface area contributed by atoms with Gasteiger partial charge in [-0.3, -0.25) is 4.39 Å². The van der Waals surface area contributed by atoms with Crippen LogP contribution in [0.2, 0.25) is 0 Å². The fourth-order valence-corrected chi connectivity index (χ4v) is 3.33. The molecule has 0 spiro atoms. The van der Waals surface area contributed by atoms with Crippen LogP contribution in [0.4, 0.5) is 13.2 Å². The molecule has 0 unspecified atom stereocenters. The van der Waals surface area contributed by atoms with E-state index in [2.05, 4.69) is 4.72 Å². The van der Waals surface area contributed by atoms with Crippen LogP contribution in [0.5, 0.6) is 0 Å². The number of hydrogen-bond acceptors (Lipinski definition) is 2. The van der Waals surface area contributed by atoms with Gasteiger partial charge >= 0.3 is 0 Å². The van der Waals surface area contributed by atoms with Gasteiger partial charge in [0.05, 0.1) is 12.4 Å². The van der Waals surface area contributed by atoms with Crippen LogP contribution >= 0.6 is 0 Å². The molecule has 0 heterocycles. The molecule has 1 N–H and O–H groups in total. The van der Waals surface area contributed by atoms with Crippen LogP contribution in [0.15, 0.2) is 18.2 Å². The van der Waals surface area contributed by atoms with Crippen molar-refractivity contribution in [3.8, 4) is 0 Å². The molecule has 1 aromatic rings. The lowest BCUT2D eigenvalue weighted by Gasteiger charge is -2.06. The summed E-state index contributed by atoms with van der Waals surface area (Å²) >= 11 is 0. The molecule has 1 aromatic carbocycles. The van der Waals surface area contributed by atoms with Gasteiger partial charge in [-0.15, -0.1) is 0 Å². The third kappa shape index (κ3) is 3.70. The normalized spacial score (nSPS) is 22.5. The van der Waals surface area contributed by atoms with Crippen LogP contribution in [0.3, 0.4) is 0 Å². The van der Waals surface area contributed by atoms with Crippen LogP contribution < -0.4 is 4.72 Å². The van der Waals surface area contributed by atoms with Gasteiger partial charge in [-0.1, -0.05) is 6.07 Å². The van der Waals surface area contributed by atoms with Crippen molar-refractivity contribution in [1.29, 1.82) is 0 Å². The highest BCUT2D eigenvalue weighted by Crippen LogP contribution is 2.42. The van der Waals surface area contributed by atoms with Gasteiger partial charge in [0.15, 0.2) is 0 Å². The Kier molecular flexibility index (Phi) is 4.15. The number of nitrogens with one attached hydrogen (secondary N) is 1. The van der Waals surface area contributed by atoms with E-state index in [0.717, 1.165) is 12.1 Å². The monoisotopic (exact) mass is 293 g/mol. The summed E-state index contributed by atoms with van der Waals surface area (Å²) < 4.78 is 63.6. The topological polar surface area (TPSA) is 46.2 Å². The van der Waals surface area contributed by atoms with E-state index in [1.807, 2.05) is 0 Å². The molecule has 1 fully saturated rings. The highest BCUT2D eigenvalue weighted by molar-refractivity contribution is 7.89. The predicted octanol–water partition coefficient (Wildman–Crippen LogP) is 2.10. The zero-order chi connectivity index (χ0) is 14.0. The number of hydrogen-bond donors (Lipinski definition) is 1. The zero-order valence-corrected chi connectivity index (χ0v) is 10.9. The van der Waals surface area contributed by atoms with Crippen molar-refractivity contribution in [3.05, 3.63) is 35.4 Å². The number of benzene rings is 1. The Balaban J connectivity index is 1.97. The maximum Gasteiger partial charge on any atom is 0.211 e. The predicted molar refractivity (Wildman–Crippen MR) is 65.0 cm³/mol. The van der Waals surface area contributed by atoms with Crippen LogP contribution in [0.25, 0.3) is 0 Å². The molecule has 1 aliphatic carbocycles. The van der Waals surface area contributed by atoms with E-state index in [9.17, 15) is 21.6 Å². The molecule has 0 saturated heterocycles. The molecule has 7 heteroatoms. The van der Waals surface area contributed by atoms with Gasteiger partial charge < -0.3 is 0 Å². The molecule has 0 aliphatic heterocycles. The minimum absolute atomic E-state index is 0.0579. The molecule has 2 rings (SSSR count). The van der Waals surface area contributed by atoms with Crippen LogP contribution in [0, 0.1) is 11.6 Å². The molecule has 106 valence electrons. The standard InChI is InChI=1S/C12H14F3NO2S/c13-4-1-5-19(17,18)16-12-7-10(12)9-3-2-8(14)6-11(9)15/h2-3,6,10,12,16H,1,4-5,7H2/t10-,12-/m1/s1. The largest absolute Gasteiger partial charge is 0.251 e. The first-order valence-corrected chi connectivity index (χ1v) is 7.59. The zero-order valence-electron chi connectivity index (χ0n) is 10.1. The van der Waals surface area contributed by atoms with E-state index in [1.54, 1.807) is 0 Å². The lowest BCUT2D eigenvalue weighted by molar-refractivity contribution is 0.483. The number of sulfonamides is 1. The van der Waals surface area contributed by atoms with Crippen LogP contribution in [-0.4, -0.2) is 26.9 Å². The van der Waals surface area contributed by atoms with Gasteiger partial charge in [-0.25, -0.2) is 21.9 Å². The molecule has 0 bridgehead atoms. The van der Waals surface area contributed by atoms with E-state index in [-0.39, 0.29) is 24.1 Å². The summed E-state index contributed by atoms with van der Waals surface area (Å²) in [4.78, 5) is 0. The molecule has 3 nitrogen and oxygen atoms in total. The number of rotatable bonds is 6. The van der Waals surface area contributed by atoms with E-state index < -0.39 is 28.3 Å². The Labute approximate surface area is 109 Å². The quantitative estimate of drug-likeness (QED) is 0.873. The van der Waals surface area contributed by atoms with Crippen LogP contribution in [0.1, 0.15) is 24.3 Å². The molecule has 0 radical (unpaired) electrons. The van der Waals surface area contributed by atoms with Gasteiger partial charge in [0.1, 0.15) is 11.6 Å². The van der Waals surface area contributed by atoms with Gasteiger partial charge in [-0.2, -0.15) is 0 Å². The van der Waals surface area contributed by atoms with E-state index in [0.29, 0.717) is 12.0 Å². The second-order valence-electron chi connectivity index (χ2n) is 4.59. The van der Waals surface area contributed by atoms with Crippen molar-refractivity contribution in [2.45, 2.75) is 24.8 Å². The third-order valence-corrected chi connectivity index (χ3v) is 4.52. The Hall–Kier alpha value is -1.08. The second kappa shape index (κ2) is 5.50. The molecular weight excluding hydrogens is 279 g/mol. The molecule has 1 aliphatic rings. The summed E-state index contributed by atoms with van der Waals surface area (Å²) in [5.41, 5.74) is 0.305. The summed E-state index contributed by atoms with van der Waals surface area (Å²) in [7, 11) is -3.53. The van der Waals surface area contributed by atoms with Crippen molar-refractivity contribution in [2.75, 3.05) is 12.4 Å². The van der Waals surface area contributed by atoms with Gasteiger partial charge in [0.25, 0.3) is 0 Å². The molecule has 0 amide bonds. The van der Waals surface area contributed by atoms with Crippen LogP contribution in [-0.2, 0) is 10.0 Å². The lowest BCUT2D eigenvalue weighted by Crippen LogP contribution is -2.29. The Morgan fingerprint density at radius 1 is 1.32 bits per heavy atom. The molecule has 2 atom stereocenters. The van der Waals surface area contributed by atoms with E-state index >= 15 is 0 Å². The second-order valence-corrected chi connectivity index (χ2v) is 6.47. The first kappa shape index (κ1) is 14.3. The average molecular weight is 293 g/mol. The summed E-state index contributed by atoms with van der Waals surface area (Å²) in [5, 5.41) is 0. The van der Waals surface area contributed by atoms with E-state index in [1.165, 1.54) is 6.07 Å². The van der Waals surface area contributed by atoms with Crippen molar-refractivity contribution >= 4 is 10.0 Å². The summed E-state index contributed by atoms with van der Waals surface area (Å²) in [6, 6.07) is 2.86. The minimum atomic E-state index is -3.53. The SMILES string of the molecule is O=S(=O)(CCCF)N[C@@H]1C[C@@H]1c1ccc(F)cc1F. The van der Waals surface area contributed by atoms with Gasteiger partial charge in [-0.05, 0) is 24.5 Å². The fraction of sp³-hybridized carbons (Fsp3) is 0.500. The van der Waals surface area contributed by atoms with Crippen molar-refractivity contribution < 1.29 is 21.6 Å². The summed E-state index contributed by atoms with van der Waals surface area (Å²) in [5.74, 6) is -1.89. The van der Waals surface area contributed by atoms with Gasteiger partial charge in [0, 0.05) is 18.0 Å². The average Bonchev–Trinajstić information content (AvgIpc) is 3.04. The van der Waals surface area contributed by atoms with Gasteiger partial charge in [0.2, 0.25) is 10.0 Å². The Morgan fingerprint density at radius 2 is 2.05 bits per heavy atom. The van der Waals surface area contributed by atoms with Crippen molar-refractivity contribution in [3.63, 3.8) is 0 Å². The fourth-order valence-electron chi connectivity index (χ4n) is 2.01. The Morgan fingerprint density at radius 3 is 2.68 bits per heavy atom. The molecule has 19 heavy (non-hydrogen) atoms. The van der Waals surface area contributed by atoms with Crippen molar-refractivity contribution in [2.24, 2.45) is 0 Å². The smallest absolute Gasteiger partial charge is 0.211 e. The summed E-state index contributed by atoms with van der Waals surface area (Å²) in [6.45, 7) is -0.693. The summed E-state index contributed by atoms with van der Waals surface area (Å²) in [6.07, 6.45) is 0.412. The Bertz CT molecular complexity index is 562. The molecular formula is C12H14F3NO2S. The minimum Gasteiger partial charge on any atom is -0.251 e. The van der Waals surface area contributed by atoms with Crippen molar-refractivity contribution in [1.82, 2.24) is 4.72 Å². The van der Waals surface area contributed by atoms with E-state index in [4.69, 9.17) is 0 Å². The maximum absolute atomic E-state index is 13.5. The lowest BCUT2D eigenvalue weighted by atomic mass is 10.1. The maximum atomic E-state index is 13.5. The number of halogens is 3. The molecule has 0 aromatic heterocycles.